The fourth-order valence-corrected chi connectivity index (χ4v) is 1.64. The Labute approximate surface area is 113 Å². The predicted molar refractivity (Wildman–Crippen MR) is 69.5 cm³/mol. The predicted octanol–water partition coefficient (Wildman–Crippen LogP) is 1.10. The highest BCUT2D eigenvalue weighted by atomic mass is 16.5. The van der Waals surface area contributed by atoms with Gasteiger partial charge in [-0.15, -0.1) is 0 Å². The molecule has 1 aromatic heterocycles. The summed E-state index contributed by atoms with van der Waals surface area (Å²) in [6.45, 7) is 4.82. The molecule has 1 amide bonds. The van der Waals surface area contributed by atoms with Crippen LogP contribution >= 0.6 is 0 Å². The van der Waals surface area contributed by atoms with Crippen LogP contribution in [0.4, 0.5) is 0 Å². The summed E-state index contributed by atoms with van der Waals surface area (Å²) in [6.07, 6.45) is 0.298. The lowest BCUT2D eigenvalue weighted by atomic mass is 10.1. The van der Waals surface area contributed by atoms with Crippen molar-refractivity contribution < 1.29 is 9.53 Å². The molecule has 0 aliphatic rings. The van der Waals surface area contributed by atoms with Gasteiger partial charge in [0, 0.05) is 20.2 Å². The first-order valence-electron chi connectivity index (χ1n) is 6.06. The molecule has 19 heavy (non-hydrogen) atoms. The molecule has 1 aromatic rings. The lowest BCUT2D eigenvalue weighted by Crippen LogP contribution is -2.35. The van der Waals surface area contributed by atoms with Crippen molar-refractivity contribution in [2.24, 2.45) is 0 Å². The quantitative estimate of drug-likeness (QED) is 0.767. The Balaban J connectivity index is 2.91. The number of hydrogen-bond donors (Lipinski definition) is 0. The van der Waals surface area contributed by atoms with Gasteiger partial charge in [0.15, 0.2) is 0 Å². The van der Waals surface area contributed by atoms with E-state index in [-0.39, 0.29) is 5.91 Å². The molecule has 0 saturated carbocycles. The first-order chi connectivity index (χ1) is 9.10. The van der Waals surface area contributed by atoms with Crippen molar-refractivity contribution >= 4 is 5.91 Å². The molecule has 0 aliphatic heterocycles. The second-order valence-corrected chi connectivity index (χ2v) is 4.18. The standard InChI is InChI=1S/C13H18N4O2/c1-10-9-12(11(2)16-15-10)13(18)17(6-4-5-14)7-8-19-3/h9H,4,6-8H2,1-3H3. The highest BCUT2D eigenvalue weighted by Gasteiger charge is 2.18. The number of hydrogen-bond acceptors (Lipinski definition) is 5. The van der Waals surface area contributed by atoms with E-state index in [2.05, 4.69) is 10.2 Å². The SMILES string of the molecule is COCCN(CCC#N)C(=O)c1cc(C)nnc1C. The van der Waals surface area contributed by atoms with Crippen LogP contribution in [0, 0.1) is 25.2 Å². The van der Waals surface area contributed by atoms with Gasteiger partial charge in [0.25, 0.3) is 5.91 Å². The van der Waals surface area contributed by atoms with Crippen molar-refractivity contribution in [3.05, 3.63) is 23.0 Å². The van der Waals surface area contributed by atoms with Gasteiger partial charge in [-0.1, -0.05) is 0 Å². The molecule has 1 rings (SSSR count). The Hall–Kier alpha value is -2.00. The van der Waals surface area contributed by atoms with Gasteiger partial charge in [0.1, 0.15) is 0 Å². The number of nitriles is 1. The third-order valence-electron chi connectivity index (χ3n) is 2.68. The third-order valence-corrected chi connectivity index (χ3v) is 2.68. The summed E-state index contributed by atoms with van der Waals surface area (Å²) in [4.78, 5) is 14.0. The number of carbonyl (C=O) groups excluding carboxylic acids is 1. The van der Waals surface area contributed by atoms with Gasteiger partial charge in [0.05, 0.1) is 36.0 Å². The fraction of sp³-hybridized carbons (Fsp3) is 0.538. The van der Waals surface area contributed by atoms with Gasteiger partial charge in [0.2, 0.25) is 0 Å². The number of ether oxygens (including phenoxy) is 1. The second-order valence-electron chi connectivity index (χ2n) is 4.18. The van der Waals surface area contributed by atoms with Crippen molar-refractivity contribution in [2.75, 3.05) is 26.8 Å². The van der Waals surface area contributed by atoms with E-state index in [1.165, 1.54) is 0 Å². The van der Waals surface area contributed by atoms with Crippen molar-refractivity contribution in [1.29, 1.82) is 5.26 Å². The maximum atomic E-state index is 12.4. The van der Waals surface area contributed by atoms with Gasteiger partial charge < -0.3 is 9.64 Å². The smallest absolute Gasteiger partial charge is 0.255 e. The second kappa shape index (κ2) is 7.44. The van der Waals surface area contributed by atoms with Crippen LogP contribution in [-0.2, 0) is 4.74 Å². The van der Waals surface area contributed by atoms with E-state index >= 15 is 0 Å². The summed E-state index contributed by atoms with van der Waals surface area (Å²) >= 11 is 0. The van der Waals surface area contributed by atoms with E-state index in [9.17, 15) is 4.79 Å². The molecule has 0 spiro atoms. The molecule has 0 aromatic carbocycles. The average Bonchev–Trinajstić information content (AvgIpc) is 2.41. The van der Waals surface area contributed by atoms with Gasteiger partial charge >= 0.3 is 0 Å². The minimum atomic E-state index is -0.136. The lowest BCUT2D eigenvalue weighted by Gasteiger charge is -2.21. The zero-order valence-corrected chi connectivity index (χ0v) is 11.5. The normalized spacial score (nSPS) is 10.0. The Morgan fingerprint density at radius 2 is 2.16 bits per heavy atom. The molecule has 0 saturated heterocycles. The molecule has 0 fully saturated rings. The summed E-state index contributed by atoms with van der Waals surface area (Å²) in [7, 11) is 1.58. The van der Waals surface area contributed by atoms with E-state index in [0.29, 0.717) is 43.1 Å². The summed E-state index contributed by atoms with van der Waals surface area (Å²) in [5.41, 5.74) is 1.82. The van der Waals surface area contributed by atoms with Crippen molar-refractivity contribution in [3.63, 3.8) is 0 Å². The van der Waals surface area contributed by atoms with Crippen molar-refractivity contribution in [1.82, 2.24) is 15.1 Å². The molecule has 0 bridgehead atoms. The van der Waals surface area contributed by atoms with Gasteiger partial charge in [-0.2, -0.15) is 15.5 Å². The molecule has 0 aliphatic carbocycles. The first kappa shape index (κ1) is 15.1. The number of amides is 1. The Bertz CT molecular complexity index is 482. The Kier molecular flexibility index (Phi) is 5.90. The van der Waals surface area contributed by atoms with E-state index in [4.69, 9.17) is 10.00 Å². The molecule has 0 atom stereocenters. The topological polar surface area (TPSA) is 79.1 Å². The number of nitrogens with zero attached hydrogens (tertiary/aromatic N) is 4. The molecule has 102 valence electrons. The van der Waals surface area contributed by atoms with Crippen LogP contribution in [0.1, 0.15) is 28.2 Å². The maximum absolute atomic E-state index is 12.4. The average molecular weight is 262 g/mol. The van der Waals surface area contributed by atoms with Crippen LogP contribution in [-0.4, -0.2) is 47.8 Å². The number of carbonyl (C=O) groups is 1. The molecule has 6 nitrogen and oxygen atoms in total. The van der Waals surface area contributed by atoms with Crippen LogP contribution < -0.4 is 0 Å². The lowest BCUT2D eigenvalue weighted by molar-refractivity contribution is 0.0698. The Morgan fingerprint density at radius 3 is 2.79 bits per heavy atom. The first-order valence-corrected chi connectivity index (χ1v) is 6.06. The van der Waals surface area contributed by atoms with Gasteiger partial charge in [-0.05, 0) is 19.9 Å². The van der Waals surface area contributed by atoms with Crippen molar-refractivity contribution in [3.8, 4) is 6.07 Å². The molecule has 6 heteroatoms. The van der Waals surface area contributed by atoms with Crippen molar-refractivity contribution in [2.45, 2.75) is 20.3 Å². The number of aromatic nitrogens is 2. The van der Waals surface area contributed by atoms with Crippen LogP contribution in [0.5, 0.6) is 0 Å². The fourth-order valence-electron chi connectivity index (χ4n) is 1.64. The minimum absolute atomic E-state index is 0.136. The maximum Gasteiger partial charge on any atom is 0.255 e. The highest BCUT2D eigenvalue weighted by Crippen LogP contribution is 2.10. The summed E-state index contributed by atoms with van der Waals surface area (Å²) < 4.78 is 4.99. The Morgan fingerprint density at radius 1 is 1.42 bits per heavy atom. The number of methoxy groups -OCH3 is 1. The molecular weight excluding hydrogens is 244 g/mol. The number of aryl methyl sites for hydroxylation is 2. The molecular formula is C13H18N4O2. The monoisotopic (exact) mass is 262 g/mol. The van der Waals surface area contributed by atoms with E-state index in [1.807, 2.05) is 6.07 Å². The van der Waals surface area contributed by atoms with Crippen LogP contribution in [0.3, 0.4) is 0 Å². The zero-order chi connectivity index (χ0) is 14.3. The van der Waals surface area contributed by atoms with E-state index in [0.717, 1.165) is 0 Å². The van der Waals surface area contributed by atoms with Gasteiger partial charge in [-0.25, -0.2) is 0 Å². The number of rotatable bonds is 6. The van der Waals surface area contributed by atoms with Crippen LogP contribution in [0.25, 0.3) is 0 Å². The molecule has 0 radical (unpaired) electrons. The highest BCUT2D eigenvalue weighted by molar-refractivity contribution is 5.95. The largest absolute Gasteiger partial charge is 0.383 e. The van der Waals surface area contributed by atoms with Gasteiger partial charge in [-0.3, -0.25) is 4.79 Å². The third kappa shape index (κ3) is 4.30. The van der Waals surface area contributed by atoms with Crippen LogP contribution in [0.15, 0.2) is 6.07 Å². The molecule has 1 heterocycles. The van der Waals surface area contributed by atoms with E-state index < -0.39 is 0 Å². The zero-order valence-electron chi connectivity index (χ0n) is 11.5. The van der Waals surface area contributed by atoms with Crippen LogP contribution in [0.2, 0.25) is 0 Å². The summed E-state index contributed by atoms with van der Waals surface area (Å²) in [6, 6.07) is 3.76. The summed E-state index contributed by atoms with van der Waals surface area (Å²) in [5, 5.41) is 16.5. The minimum Gasteiger partial charge on any atom is -0.383 e. The molecule has 0 N–H and O–H groups in total. The molecule has 0 unspecified atom stereocenters. The summed E-state index contributed by atoms with van der Waals surface area (Å²) in [5.74, 6) is -0.136. The van der Waals surface area contributed by atoms with E-state index in [1.54, 1.807) is 31.9 Å².